The highest BCUT2D eigenvalue weighted by Gasteiger charge is 2.31. The molecular weight excluding hydrogens is 258 g/mol. The number of para-hydroxylation sites is 2. The van der Waals surface area contributed by atoms with Gasteiger partial charge in [0.2, 0.25) is 0 Å². The molecule has 2 nitrogen and oxygen atoms in total. The zero-order valence-electron chi connectivity index (χ0n) is 12.2. The Labute approximate surface area is 124 Å². The second-order valence-electron chi connectivity index (χ2n) is 5.57. The van der Waals surface area contributed by atoms with Crippen LogP contribution in [-0.4, -0.2) is 7.05 Å². The van der Waals surface area contributed by atoms with Gasteiger partial charge in [-0.05, 0) is 35.4 Å². The number of aryl methyl sites for hydroxylation is 1. The number of nitrogens with zero attached hydrogens (tertiary/aromatic N) is 1. The van der Waals surface area contributed by atoms with Gasteiger partial charge in [-0.25, -0.2) is 0 Å². The molecule has 0 amide bonds. The number of fused-ring (bicyclic) bond motifs is 2. The normalized spacial score (nSPS) is 16.9. The first-order valence-electron chi connectivity index (χ1n) is 7.22. The number of rotatable bonds is 1. The molecule has 1 aliphatic rings. The molecule has 1 aliphatic heterocycles. The van der Waals surface area contributed by atoms with E-state index in [9.17, 15) is 0 Å². The Morgan fingerprint density at radius 3 is 2.52 bits per heavy atom. The lowest BCUT2D eigenvalue weighted by molar-refractivity contribution is 0.236. The van der Waals surface area contributed by atoms with Crippen LogP contribution >= 0.6 is 0 Å². The van der Waals surface area contributed by atoms with Gasteiger partial charge >= 0.3 is 0 Å². The molecule has 0 fully saturated rings. The van der Waals surface area contributed by atoms with E-state index in [-0.39, 0.29) is 6.23 Å². The van der Waals surface area contributed by atoms with Crippen molar-refractivity contribution in [1.82, 2.24) is 0 Å². The van der Waals surface area contributed by atoms with E-state index in [1.165, 1.54) is 21.9 Å². The van der Waals surface area contributed by atoms with Crippen LogP contribution in [0.25, 0.3) is 10.8 Å². The zero-order chi connectivity index (χ0) is 14.4. The van der Waals surface area contributed by atoms with Crippen molar-refractivity contribution in [1.29, 1.82) is 0 Å². The minimum atomic E-state index is -0.0616. The summed E-state index contributed by atoms with van der Waals surface area (Å²) in [4.78, 5) is 2.21. The summed E-state index contributed by atoms with van der Waals surface area (Å²) in [5.41, 5.74) is 3.67. The van der Waals surface area contributed by atoms with Crippen molar-refractivity contribution >= 4 is 16.5 Å². The smallest absolute Gasteiger partial charge is 0.199 e. The first kappa shape index (κ1) is 12.3. The lowest BCUT2D eigenvalue weighted by atomic mass is 9.98. The summed E-state index contributed by atoms with van der Waals surface area (Å²) in [5.74, 6) is 0.956. The highest BCUT2D eigenvalue weighted by molar-refractivity contribution is 5.88. The van der Waals surface area contributed by atoms with Crippen LogP contribution in [0.2, 0.25) is 0 Å². The fourth-order valence-corrected chi connectivity index (χ4v) is 3.16. The number of hydrogen-bond donors (Lipinski definition) is 0. The van der Waals surface area contributed by atoms with Gasteiger partial charge in [-0.15, -0.1) is 0 Å². The lowest BCUT2D eigenvalue weighted by Gasteiger charge is -2.24. The van der Waals surface area contributed by atoms with Crippen LogP contribution in [0, 0.1) is 6.92 Å². The molecule has 0 aromatic heterocycles. The van der Waals surface area contributed by atoms with E-state index in [1.54, 1.807) is 0 Å². The third-order valence-corrected chi connectivity index (χ3v) is 4.27. The SMILES string of the molecule is Cc1ccc2ccccc2c1C1Oc2ccccc2N1C. The van der Waals surface area contributed by atoms with E-state index >= 15 is 0 Å². The zero-order valence-corrected chi connectivity index (χ0v) is 12.2. The fraction of sp³-hybridized carbons (Fsp3) is 0.158. The number of ether oxygens (including phenoxy) is 1. The maximum Gasteiger partial charge on any atom is 0.199 e. The first-order valence-corrected chi connectivity index (χ1v) is 7.22. The van der Waals surface area contributed by atoms with Gasteiger partial charge in [0.1, 0.15) is 5.75 Å². The Hall–Kier alpha value is -2.48. The standard InChI is InChI=1S/C19H17NO/c1-13-11-12-14-7-3-4-8-15(14)18(13)19-20(2)16-9-5-6-10-17(16)21-19/h3-12,19H,1-2H3. The van der Waals surface area contributed by atoms with Crippen molar-refractivity contribution in [3.63, 3.8) is 0 Å². The molecule has 21 heavy (non-hydrogen) atoms. The van der Waals surface area contributed by atoms with Gasteiger partial charge in [-0.2, -0.15) is 0 Å². The monoisotopic (exact) mass is 275 g/mol. The van der Waals surface area contributed by atoms with Crippen LogP contribution in [0.3, 0.4) is 0 Å². The molecule has 3 aromatic carbocycles. The van der Waals surface area contributed by atoms with E-state index < -0.39 is 0 Å². The Kier molecular flexibility index (Phi) is 2.64. The van der Waals surface area contributed by atoms with Gasteiger partial charge in [0.25, 0.3) is 0 Å². The summed E-state index contributed by atoms with van der Waals surface area (Å²) >= 11 is 0. The number of benzene rings is 3. The maximum atomic E-state index is 6.22. The summed E-state index contributed by atoms with van der Waals surface area (Å²) < 4.78 is 6.22. The molecular formula is C19H17NO. The van der Waals surface area contributed by atoms with Gasteiger partial charge in [0, 0.05) is 12.6 Å². The molecule has 1 unspecified atom stereocenters. The summed E-state index contributed by atoms with van der Waals surface area (Å²) in [6, 6.07) is 21.1. The molecule has 0 radical (unpaired) electrons. The molecule has 1 heterocycles. The largest absolute Gasteiger partial charge is 0.464 e. The molecule has 0 aliphatic carbocycles. The Balaban J connectivity index is 1.91. The molecule has 104 valence electrons. The van der Waals surface area contributed by atoms with E-state index in [4.69, 9.17) is 4.74 Å². The molecule has 3 aromatic rings. The topological polar surface area (TPSA) is 12.5 Å². The van der Waals surface area contributed by atoms with Gasteiger partial charge < -0.3 is 9.64 Å². The Morgan fingerprint density at radius 2 is 1.67 bits per heavy atom. The minimum absolute atomic E-state index is 0.0616. The average Bonchev–Trinajstić information content (AvgIpc) is 2.84. The highest BCUT2D eigenvalue weighted by Crippen LogP contribution is 2.44. The van der Waals surface area contributed by atoms with E-state index in [2.05, 4.69) is 67.4 Å². The highest BCUT2D eigenvalue weighted by atomic mass is 16.5. The molecule has 2 heteroatoms. The second-order valence-corrected chi connectivity index (χ2v) is 5.57. The molecule has 0 spiro atoms. The molecule has 0 saturated carbocycles. The van der Waals surface area contributed by atoms with E-state index in [0.29, 0.717) is 0 Å². The van der Waals surface area contributed by atoms with Crippen molar-refractivity contribution in [2.45, 2.75) is 13.2 Å². The summed E-state index contributed by atoms with van der Waals surface area (Å²) in [7, 11) is 2.09. The summed E-state index contributed by atoms with van der Waals surface area (Å²) in [5, 5.41) is 2.52. The van der Waals surface area contributed by atoms with Crippen LogP contribution < -0.4 is 9.64 Å². The molecule has 0 bridgehead atoms. The minimum Gasteiger partial charge on any atom is -0.464 e. The van der Waals surface area contributed by atoms with Crippen molar-refractivity contribution in [3.8, 4) is 5.75 Å². The van der Waals surface area contributed by atoms with Gasteiger partial charge in [0.05, 0.1) is 5.69 Å². The summed E-state index contributed by atoms with van der Waals surface area (Å²) in [6.45, 7) is 2.15. The van der Waals surface area contributed by atoms with Crippen LogP contribution in [0.4, 0.5) is 5.69 Å². The van der Waals surface area contributed by atoms with Crippen LogP contribution in [0.5, 0.6) is 5.75 Å². The molecule has 1 atom stereocenters. The molecule has 0 N–H and O–H groups in total. The van der Waals surface area contributed by atoms with Crippen LogP contribution in [-0.2, 0) is 0 Å². The number of anilines is 1. The second kappa shape index (κ2) is 4.52. The quantitative estimate of drug-likeness (QED) is 0.639. The van der Waals surface area contributed by atoms with Crippen molar-refractivity contribution in [2.75, 3.05) is 11.9 Å². The molecule has 4 rings (SSSR count). The van der Waals surface area contributed by atoms with Gasteiger partial charge in [0.15, 0.2) is 6.23 Å². The third-order valence-electron chi connectivity index (χ3n) is 4.27. The molecule has 0 saturated heterocycles. The van der Waals surface area contributed by atoms with Gasteiger partial charge in [-0.1, -0.05) is 48.5 Å². The lowest BCUT2D eigenvalue weighted by Crippen LogP contribution is -2.23. The number of hydrogen-bond acceptors (Lipinski definition) is 2. The summed E-state index contributed by atoms with van der Waals surface area (Å²) in [6.07, 6.45) is -0.0616. The van der Waals surface area contributed by atoms with Crippen molar-refractivity contribution < 1.29 is 4.74 Å². The van der Waals surface area contributed by atoms with E-state index in [0.717, 1.165) is 11.4 Å². The maximum absolute atomic E-state index is 6.22. The van der Waals surface area contributed by atoms with Gasteiger partial charge in [-0.3, -0.25) is 0 Å². The predicted octanol–water partition coefficient (Wildman–Crippen LogP) is 4.68. The third kappa shape index (κ3) is 1.79. The van der Waals surface area contributed by atoms with Crippen molar-refractivity contribution in [2.24, 2.45) is 0 Å². The van der Waals surface area contributed by atoms with Crippen LogP contribution in [0.1, 0.15) is 17.4 Å². The predicted molar refractivity (Wildman–Crippen MR) is 86.9 cm³/mol. The van der Waals surface area contributed by atoms with Crippen LogP contribution in [0.15, 0.2) is 60.7 Å². The fourth-order valence-electron chi connectivity index (χ4n) is 3.16. The Bertz CT molecular complexity index is 825. The average molecular weight is 275 g/mol. The van der Waals surface area contributed by atoms with E-state index in [1.807, 2.05) is 12.1 Å². The Morgan fingerprint density at radius 1 is 0.905 bits per heavy atom. The van der Waals surface area contributed by atoms with Crippen molar-refractivity contribution in [3.05, 3.63) is 71.8 Å². The first-order chi connectivity index (χ1) is 10.3.